The van der Waals surface area contributed by atoms with E-state index in [0.29, 0.717) is 13.0 Å². The second kappa shape index (κ2) is 8.16. The van der Waals surface area contributed by atoms with E-state index in [-0.39, 0.29) is 17.0 Å². The second-order valence-electron chi connectivity index (χ2n) is 5.87. The Morgan fingerprint density at radius 1 is 0.923 bits per heavy atom. The number of nitrogens with one attached hydrogen (secondary N) is 1. The summed E-state index contributed by atoms with van der Waals surface area (Å²) in [6.07, 6.45) is 2.27. The van der Waals surface area contributed by atoms with E-state index >= 15 is 0 Å². The van der Waals surface area contributed by atoms with Gasteiger partial charge in [0.1, 0.15) is 5.76 Å². The molecule has 5 heteroatoms. The van der Waals surface area contributed by atoms with E-state index in [4.69, 9.17) is 4.42 Å². The molecule has 2 N–H and O–H groups in total. The third kappa shape index (κ3) is 4.00. The average molecular weight is 349 g/mol. The highest BCUT2D eigenvalue weighted by atomic mass is 16.4. The number of rotatable bonds is 7. The second-order valence-corrected chi connectivity index (χ2v) is 5.87. The molecule has 0 aliphatic carbocycles. The standard InChI is InChI=1S/C21H19NO4/c23-20(17-9-4-5-10-18(17)21(24)25)22-13-12-16(19-11-6-14-26-19)15-7-2-1-3-8-15/h1-11,14,16H,12-13H2,(H,22,23)(H,24,25)/t16-/m0/s1. The molecule has 5 nitrogen and oxygen atoms in total. The lowest BCUT2D eigenvalue weighted by atomic mass is 9.93. The maximum Gasteiger partial charge on any atom is 0.336 e. The molecule has 132 valence electrons. The molecule has 1 atom stereocenters. The van der Waals surface area contributed by atoms with Gasteiger partial charge in [-0.1, -0.05) is 42.5 Å². The number of hydrogen-bond donors (Lipinski definition) is 2. The van der Waals surface area contributed by atoms with Crippen molar-refractivity contribution in [3.8, 4) is 0 Å². The molecular formula is C21H19NO4. The van der Waals surface area contributed by atoms with Gasteiger partial charge in [0.25, 0.3) is 5.91 Å². The van der Waals surface area contributed by atoms with Gasteiger partial charge in [-0.3, -0.25) is 4.79 Å². The number of carboxylic acid groups (broad SMARTS) is 1. The van der Waals surface area contributed by atoms with Crippen LogP contribution in [-0.4, -0.2) is 23.5 Å². The molecule has 0 aliphatic heterocycles. The summed E-state index contributed by atoms with van der Waals surface area (Å²) in [6, 6.07) is 19.9. The molecule has 0 radical (unpaired) electrons. The summed E-state index contributed by atoms with van der Waals surface area (Å²) in [7, 11) is 0. The Labute approximate surface area is 151 Å². The first-order chi connectivity index (χ1) is 12.7. The van der Waals surface area contributed by atoms with Crippen molar-refractivity contribution in [3.05, 3.63) is 95.4 Å². The molecule has 26 heavy (non-hydrogen) atoms. The van der Waals surface area contributed by atoms with Gasteiger partial charge in [0.15, 0.2) is 0 Å². The minimum atomic E-state index is -1.12. The fourth-order valence-corrected chi connectivity index (χ4v) is 2.94. The van der Waals surface area contributed by atoms with E-state index in [2.05, 4.69) is 5.32 Å². The Hall–Kier alpha value is -3.34. The summed E-state index contributed by atoms with van der Waals surface area (Å²) in [4.78, 5) is 23.6. The maximum absolute atomic E-state index is 12.4. The fourth-order valence-electron chi connectivity index (χ4n) is 2.94. The number of benzene rings is 2. The number of aromatic carboxylic acids is 1. The summed E-state index contributed by atoms with van der Waals surface area (Å²) < 4.78 is 5.55. The van der Waals surface area contributed by atoms with Crippen molar-refractivity contribution >= 4 is 11.9 Å². The van der Waals surface area contributed by atoms with Crippen LogP contribution in [0.25, 0.3) is 0 Å². The predicted molar refractivity (Wildman–Crippen MR) is 97.3 cm³/mol. The van der Waals surface area contributed by atoms with Crippen LogP contribution in [0.3, 0.4) is 0 Å². The zero-order valence-electron chi connectivity index (χ0n) is 14.1. The van der Waals surface area contributed by atoms with Gasteiger partial charge in [0, 0.05) is 12.5 Å². The van der Waals surface area contributed by atoms with E-state index in [9.17, 15) is 14.7 Å². The zero-order valence-corrected chi connectivity index (χ0v) is 14.1. The van der Waals surface area contributed by atoms with Crippen molar-refractivity contribution in [2.24, 2.45) is 0 Å². The van der Waals surface area contributed by atoms with Gasteiger partial charge in [-0.15, -0.1) is 0 Å². The maximum atomic E-state index is 12.4. The number of carboxylic acids is 1. The number of furan rings is 1. The summed E-state index contributed by atoms with van der Waals surface area (Å²) in [5.74, 6) is -0.666. The summed E-state index contributed by atoms with van der Waals surface area (Å²) in [5, 5.41) is 12.0. The molecule has 0 aliphatic rings. The van der Waals surface area contributed by atoms with Crippen LogP contribution in [0.5, 0.6) is 0 Å². The largest absolute Gasteiger partial charge is 0.478 e. The smallest absolute Gasteiger partial charge is 0.336 e. The van der Waals surface area contributed by atoms with E-state index in [1.54, 1.807) is 18.4 Å². The topological polar surface area (TPSA) is 79.5 Å². The zero-order chi connectivity index (χ0) is 18.4. The van der Waals surface area contributed by atoms with E-state index in [0.717, 1.165) is 11.3 Å². The monoisotopic (exact) mass is 349 g/mol. The quantitative estimate of drug-likeness (QED) is 0.677. The highest BCUT2D eigenvalue weighted by molar-refractivity contribution is 6.04. The molecule has 3 rings (SSSR count). The molecule has 3 aromatic rings. The van der Waals surface area contributed by atoms with Crippen molar-refractivity contribution in [1.29, 1.82) is 0 Å². The van der Waals surface area contributed by atoms with Gasteiger partial charge in [0.05, 0.1) is 17.4 Å². The molecule has 0 saturated heterocycles. The first kappa shape index (κ1) is 17.5. The van der Waals surface area contributed by atoms with Gasteiger partial charge in [0.2, 0.25) is 0 Å². The minimum absolute atomic E-state index is 0.00403. The number of carbonyl (C=O) groups is 2. The predicted octanol–water partition coefficient (Wildman–Crippen LogP) is 3.93. The Kier molecular flexibility index (Phi) is 5.49. The van der Waals surface area contributed by atoms with Crippen LogP contribution < -0.4 is 5.32 Å². The normalized spacial score (nSPS) is 11.7. The Morgan fingerprint density at radius 3 is 2.27 bits per heavy atom. The first-order valence-corrected chi connectivity index (χ1v) is 8.35. The van der Waals surface area contributed by atoms with Crippen LogP contribution in [-0.2, 0) is 0 Å². The van der Waals surface area contributed by atoms with Crippen molar-refractivity contribution in [2.75, 3.05) is 6.54 Å². The summed E-state index contributed by atoms with van der Waals surface area (Å²) in [5.41, 5.74) is 1.26. The molecule has 1 aromatic heterocycles. The molecule has 1 heterocycles. The third-order valence-electron chi connectivity index (χ3n) is 4.21. The van der Waals surface area contributed by atoms with Gasteiger partial charge in [-0.05, 0) is 36.2 Å². The lowest BCUT2D eigenvalue weighted by molar-refractivity contribution is 0.0691. The van der Waals surface area contributed by atoms with Gasteiger partial charge in [-0.2, -0.15) is 0 Å². The Bertz CT molecular complexity index is 872. The van der Waals surface area contributed by atoms with Crippen LogP contribution in [0.15, 0.2) is 77.4 Å². The Morgan fingerprint density at radius 2 is 1.62 bits per heavy atom. The molecule has 0 fully saturated rings. The van der Waals surface area contributed by atoms with E-state index in [1.165, 1.54) is 12.1 Å². The van der Waals surface area contributed by atoms with Crippen LogP contribution in [0.4, 0.5) is 0 Å². The van der Waals surface area contributed by atoms with Crippen molar-refractivity contribution in [1.82, 2.24) is 5.32 Å². The van der Waals surface area contributed by atoms with Crippen LogP contribution in [0.1, 0.15) is 44.4 Å². The molecule has 0 saturated carbocycles. The average Bonchev–Trinajstić information content (AvgIpc) is 3.20. The molecule has 2 aromatic carbocycles. The Balaban J connectivity index is 1.69. The lowest BCUT2D eigenvalue weighted by Crippen LogP contribution is -2.27. The van der Waals surface area contributed by atoms with Crippen molar-refractivity contribution < 1.29 is 19.1 Å². The molecular weight excluding hydrogens is 330 g/mol. The first-order valence-electron chi connectivity index (χ1n) is 8.35. The van der Waals surface area contributed by atoms with E-state index in [1.807, 2.05) is 42.5 Å². The van der Waals surface area contributed by atoms with Gasteiger partial charge < -0.3 is 14.8 Å². The molecule has 0 spiro atoms. The highest BCUT2D eigenvalue weighted by Gasteiger charge is 2.19. The molecule has 1 amide bonds. The summed E-state index contributed by atoms with van der Waals surface area (Å²) in [6.45, 7) is 0.396. The van der Waals surface area contributed by atoms with Crippen molar-refractivity contribution in [3.63, 3.8) is 0 Å². The molecule has 0 bridgehead atoms. The fraction of sp³-hybridized carbons (Fsp3) is 0.143. The van der Waals surface area contributed by atoms with Crippen LogP contribution >= 0.6 is 0 Å². The molecule has 0 unspecified atom stereocenters. The minimum Gasteiger partial charge on any atom is -0.478 e. The number of amides is 1. The van der Waals surface area contributed by atoms with E-state index < -0.39 is 11.9 Å². The summed E-state index contributed by atoms with van der Waals surface area (Å²) >= 11 is 0. The van der Waals surface area contributed by atoms with Crippen LogP contribution in [0, 0.1) is 0 Å². The van der Waals surface area contributed by atoms with Crippen LogP contribution in [0.2, 0.25) is 0 Å². The number of hydrogen-bond acceptors (Lipinski definition) is 3. The third-order valence-corrected chi connectivity index (χ3v) is 4.21. The van der Waals surface area contributed by atoms with Crippen molar-refractivity contribution in [2.45, 2.75) is 12.3 Å². The lowest BCUT2D eigenvalue weighted by Gasteiger charge is -2.16. The number of carbonyl (C=O) groups excluding carboxylic acids is 1. The highest BCUT2D eigenvalue weighted by Crippen LogP contribution is 2.27. The SMILES string of the molecule is O=C(O)c1ccccc1C(=O)NCC[C@@H](c1ccccc1)c1ccco1. The van der Waals surface area contributed by atoms with Gasteiger partial charge >= 0.3 is 5.97 Å². The van der Waals surface area contributed by atoms with Gasteiger partial charge in [-0.25, -0.2) is 4.79 Å².